The average Bonchev–Trinajstić information content (AvgIpc) is 2.15. The monoisotopic (exact) mass is 187 g/mol. The second kappa shape index (κ2) is 5.49. The lowest BCUT2D eigenvalue weighted by Gasteiger charge is -2.22. The van der Waals surface area contributed by atoms with E-state index in [1.54, 1.807) is 0 Å². The first kappa shape index (κ1) is 9.93. The summed E-state index contributed by atoms with van der Waals surface area (Å²) in [5.74, 6) is 2.22. The first-order valence-electron chi connectivity index (χ1n) is 4.37. The smallest absolute Gasteiger partial charge is 0.110 e. The van der Waals surface area contributed by atoms with Crippen molar-refractivity contribution in [2.24, 2.45) is 0 Å². The van der Waals surface area contributed by atoms with Gasteiger partial charge in [0, 0.05) is 5.75 Å². The maximum Gasteiger partial charge on any atom is 0.110 e. The van der Waals surface area contributed by atoms with Crippen LogP contribution in [0.1, 0.15) is 12.8 Å². The molecule has 1 unspecified atom stereocenters. The molecule has 1 N–H and O–H groups in total. The van der Waals surface area contributed by atoms with E-state index in [1.807, 2.05) is 18.8 Å². The van der Waals surface area contributed by atoms with E-state index in [4.69, 9.17) is 4.74 Å². The number of allylic oxidation sites excluding steroid dienone is 1. The van der Waals surface area contributed by atoms with E-state index in [2.05, 4.69) is 17.6 Å². The zero-order valence-corrected chi connectivity index (χ0v) is 8.62. The van der Waals surface area contributed by atoms with Crippen LogP contribution in [0.25, 0.3) is 0 Å². The Kier molecular flexibility index (Phi) is 4.54. The molecular weight excluding hydrogens is 170 g/mol. The lowest BCUT2D eigenvalue weighted by atomic mass is 10.2. The van der Waals surface area contributed by atoms with Gasteiger partial charge in [0.05, 0.1) is 12.6 Å². The summed E-state index contributed by atoms with van der Waals surface area (Å²) < 4.78 is 5.57. The highest BCUT2D eigenvalue weighted by molar-refractivity contribution is 7.98. The van der Waals surface area contributed by atoms with E-state index in [1.165, 1.54) is 12.8 Å². The average molecular weight is 187 g/mol. The first-order valence-corrected chi connectivity index (χ1v) is 5.77. The number of nitrogens with one attached hydrogen (secondary N) is 1. The van der Waals surface area contributed by atoms with E-state index in [9.17, 15) is 0 Å². The third-order valence-electron chi connectivity index (χ3n) is 1.99. The Hall–Kier alpha value is -0.150. The van der Waals surface area contributed by atoms with Gasteiger partial charge in [-0.3, -0.25) is 0 Å². The fourth-order valence-corrected chi connectivity index (χ4v) is 1.96. The number of hydrogen-bond acceptors (Lipinski definition) is 3. The van der Waals surface area contributed by atoms with Crippen molar-refractivity contribution in [1.82, 2.24) is 5.32 Å². The Bertz CT molecular complexity index is 159. The lowest BCUT2D eigenvalue weighted by molar-refractivity contribution is 0.173. The minimum atomic E-state index is 0.403. The fourth-order valence-electron chi connectivity index (χ4n) is 1.29. The number of hydrogen-bond donors (Lipinski definition) is 1. The topological polar surface area (TPSA) is 21.3 Å². The normalized spacial score (nSPS) is 19.7. The highest BCUT2D eigenvalue weighted by atomic mass is 32.2. The number of thioether (sulfide) groups is 1. The molecule has 0 aliphatic carbocycles. The van der Waals surface area contributed by atoms with Gasteiger partial charge in [0.2, 0.25) is 0 Å². The molecule has 1 atom stereocenters. The quantitative estimate of drug-likeness (QED) is 0.723. The molecule has 0 aromatic rings. The van der Waals surface area contributed by atoms with Gasteiger partial charge in [-0.1, -0.05) is 0 Å². The molecule has 0 bridgehead atoms. The Morgan fingerprint density at radius 1 is 1.75 bits per heavy atom. The highest BCUT2D eigenvalue weighted by Crippen LogP contribution is 2.15. The van der Waals surface area contributed by atoms with E-state index >= 15 is 0 Å². The van der Waals surface area contributed by atoms with Gasteiger partial charge in [-0.2, -0.15) is 11.8 Å². The van der Waals surface area contributed by atoms with Gasteiger partial charge >= 0.3 is 0 Å². The van der Waals surface area contributed by atoms with Crippen molar-refractivity contribution < 1.29 is 4.74 Å². The van der Waals surface area contributed by atoms with Gasteiger partial charge in [0.15, 0.2) is 0 Å². The van der Waals surface area contributed by atoms with Crippen molar-refractivity contribution in [2.75, 3.05) is 25.7 Å². The van der Waals surface area contributed by atoms with Crippen LogP contribution in [-0.2, 0) is 4.74 Å². The van der Waals surface area contributed by atoms with Gasteiger partial charge in [-0.15, -0.1) is 0 Å². The van der Waals surface area contributed by atoms with Crippen LogP contribution in [0.4, 0.5) is 0 Å². The third-order valence-corrected chi connectivity index (χ3v) is 2.65. The third kappa shape index (κ3) is 2.72. The summed E-state index contributed by atoms with van der Waals surface area (Å²) >= 11 is 1.84. The molecule has 0 fully saturated rings. The Morgan fingerprint density at radius 2 is 2.58 bits per heavy atom. The maximum absolute atomic E-state index is 5.57. The molecular formula is C9H17NOS. The van der Waals surface area contributed by atoms with Crippen molar-refractivity contribution in [3.05, 3.63) is 11.8 Å². The minimum Gasteiger partial charge on any atom is -0.497 e. The van der Waals surface area contributed by atoms with Crippen LogP contribution < -0.4 is 5.32 Å². The van der Waals surface area contributed by atoms with E-state index < -0.39 is 0 Å². The van der Waals surface area contributed by atoms with Crippen LogP contribution in [0.2, 0.25) is 0 Å². The first-order chi connectivity index (χ1) is 5.88. The molecule has 1 rings (SSSR count). The summed E-state index contributed by atoms with van der Waals surface area (Å²) in [7, 11) is 1.99. The molecule has 0 amide bonds. The van der Waals surface area contributed by atoms with E-state index in [-0.39, 0.29) is 0 Å². The molecule has 70 valence electrons. The molecule has 2 nitrogen and oxygen atoms in total. The molecule has 3 heteroatoms. The molecule has 0 spiro atoms. The SMILES string of the molecule is CNC(CSC)C1=CCCCO1. The lowest BCUT2D eigenvalue weighted by Crippen LogP contribution is -2.32. The van der Waals surface area contributed by atoms with Crippen LogP contribution >= 0.6 is 11.8 Å². The molecule has 1 aliphatic rings. The van der Waals surface area contributed by atoms with Crippen LogP contribution in [0, 0.1) is 0 Å². The van der Waals surface area contributed by atoms with Crippen molar-refractivity contribution in [2.45, 2.75) is 18.9 Å². The second-order valence-corrected chi connectivity index (χ2v) is 3.80. The zero-order chi connectivity index (χ0) is 8.81. The summed E-state index contributed by atoms with van der Waals surface area (Å²) in [4.78, 5) is 0. The summed E-state index contributed by atoms with van der Waals surface area (Å²) in [5.41, 5.74) is 0. The Balaban J connectivity index is 2.45. The molecule has 0 aromatic heterocycles. The summed E-state index contributed by atoms with van der Waals surface area (Å²) in [6, 6.07) is 0.403. The molecule has 1 heterocycles. The van der Waals surface area contributed by atoms with Gasteiger partial charge in [-0.05, 0) is 32.2 Å². The predicted octanol–water partition coefficient (Wildman–Crippen LogP) is 1.63. The van der Waals surface area contributed by atoms with Crippen molar-refractivity contribution in [3.8, 4) is 0 Å². The number of ether oxygens (including phenoxy) is 1. The van der Waals surface area contributed by atoms with E-state index in [0.29, 0.717) is 6.04 Å². The van der Waals surface area contributed by atoms with Crippen LogP contribution in [-0.4, -0.2) is 31.7 Å². The van der Waals surface area contributed by atoms with Gasteiger partial charge in [0.25, 0.3) is 0 Å². The standard InChI is InChI=1S/C9H17NOS/c1-10-8(7-12-2)9-5-3-4-6-11-9/h5,8,10H,3-4,6-7H2,1-2H3. The molecule has 0 saturated heterocycles. The number of likely N-dealkylation sites (N-methyl/N-ethyl adjacent to an activating group) is 1. The zero-order valence-electron chi connectivity index (χ0n) is 7.80. The van der Waals surface area contributed by atoms with E-state index in [0.717, 1.165) is 18.1 Å². The fraction of sp³-hybridized carbons (Fsp3) is 0.778. The Morgan fingerprint density at radius 3 is 3.08 bits per heavy atom. The summed E-state index contributed by atoms with van der Waals surface area (Å²) in [6.45, 7) is 0.887. The maximum atomic E-state index is 5.57. The minimum absolute atomic E-state index is 0.403. The van der Waals surface area contributed by atoms with Gasteiger partial charge in [0.1, 0.15) is 5.76 Å². The van der Waals surface area contributed by atoms with Crippen molar-refractivity contribution in [3.63, 3.8) is 0 Å². The second-order valence-electron chi connectivity index (χ2n) is 2.89. The summed E-state index contributed by atoms with van der Waals surface area (Å²) in [5, 5.41) is 3.26. The van der Waals surface area contributed by atoms with Crippen molar-refractivity contribution >= 4 is 11.8 Å². The molecule has 0 aromatic carbocycles. The van der Waals surface area contributed by atoms with Crippen LogP contribution in [0.3, 0.4) is 0 Å². The van der Waals surface area contributed by atoms with Gasteiger partial charge < -0.3 is 10.1 Å². The molecule has 1 aliphatic heterocycles. The molecule has 0 saturated carbocycles. The Labute approximate surface area is 78.7 Å². The molecule has 0 radical (unpaired) electrons. The predicted molar refractivity (Wildman–Crippen MR) is 54.5 cm³/mol. The number of rotatable bonds is 4. The largest absolute Gasteiger partial charge is 0.497 e. The molecule has 12 heavy (non-hydrogen) atoms. The summed E-state index contributed by atoms with van der Waals surface area (Å²) in [6.07, 6.45) is 6.66. The van der Waals surface area contributed by atoms with Crippen LogP contribution in [0.5, 0.6) is 0 Å². The van der Waals surface area contributed by atoms with Crippen molar-refractivity contribution in [1.29, 1.82) is 0 Å². The van der Waals surface area contributed by atoms with Gasteiger partial charge in [-0.25, -0.2) is 0 Å². The highest BCUT2D eigenvalue weighted by Gasteiger charge is 2.14. The van der Waals surface area contributed by atoms with Crippen LogP contribution in [0.15, 0.2) is 11.8 Å².